The molecule has 1 aromatic heterocycles. The molecule has 1 N–H and O–H groups in total. The molecule has 2 aromatic rings. The van der Waals surface area contributed by atoms with Gasteiger partial charge in [-0.15, -0.1) is 0 Å². The van der Waals surface area contributed by atoms with Crippen molar-refractivity contribution >= 4 is 29.0 Å². The van der Waals surface area contributed by atoms with Crippen molar-refractivity contribution in [2.24, 2.45) is 7.05 Å². The first-order valence-electron chi connectivity index (χ1n) is 6.97. The summed E-state index contributed by atoms with van der Waals surface area (Å²) in [6, 6.07) is 3.31. The normalized spacial score (nSPS) is 10.7. The van der Waals surface area contributed by atoms with Gasteiger partial charge in [-0.3, -0.25) is 9.59 Å². The number of hydrogen-bond donors (Lipinski definition) is 1. The van der Waals surface area contributed by atoms with Crippen molar-refractivity contribution < 1.29 is 14.7 Å². The predicted octanol–water partition coefficient (Wildman–Crippen LogP) is 2.61. The Morgan fingerprint density at radius 2 is 1.91 bits per heavy atom. The average molecular weight is 336 g/mol. The molecule has 0 bridgehead atoms. The third-order valence-electron chi connectivity index (χ3n) is 3.79. The Morgan fingerprint density at radius 3 is 2.39 bits per heavy atom. The SMILES string of the molecule is CC(=O)N(C)c1c(C)ccc(C(=O)c2c(C)nn(C)c2O)c1Cl. The molecule has 0 aliphatic carbocycles. The molecule has 0 aliphatic rings. The molecule has 1 amide bonds. The first-order valence-corrected chi connectivity index (χ1v) is 7.35. The molecule has 0 unspecified atom stereocenters. The highest BCUT2D eigenvalue weighted by Crippen LogP contribution is 2.35. The van der Waals surface area contributed by atoms with Crippen LogP contribution >= 0.6 is 11.6 Å². The van der Waals surface area contributed by atoms with E-state index < -0.39 is 5.78 Å². The lowest BCUT2D eigenvalue weighted by Crippen LogP contribution is -2.24. The Morgan fingerprint density at radius 1 is 1.30 bits per heavy atom. The van der Waals surface area contributed by atoms with Crippen LogP contribution in [0.15, 0.2) is 12.1 Å². The number of amides is 1. The number of aromatic hydroxyl groups is 1. The zero-order chi connectivity index (χ0) is 17.5. The average Bonchev–Trinajstić information content (AvgIpc) is 2.71. The largest absolute Gasteiger partial charge is 0.493 e. The lowest BCUT2D eigenvalue weighted by atomic mass is 10.0. The molecule has 7 heteroatoms. The zero-order valence-corrected chi connectivity index (χ0v) is 14.4. The Kier molecular flexibility index (Phi) is 4.47. The van der Waals surface area contributed by atoms with E-state index in [0.29, 0.717) is 11.4 Å². The summed E-state index contributed by atoms with van der Waals surface area (Å²) in [5, 5.41) is 14.2. The van der Waals surface area contributed by atoms with Gasteiger partial charge in [-0.25, -0.2) is 4.68 Å². The van der Waals surface area contributed by atoms with Crippen molar-refractivity contribution in [3.05, 3.63) is 39.5 Å². The lowest BCUT2D eigenvalue weighted by molar-refractivity contribution is -0.116. The number of carbonyl (C=O) groups is 2. The van der Waals surface area contributed by atoms with Gasteiger partial charge in [-0.2, -0.15) is 5.10 Å². The number of rotatable bonds is 3. The number of aromatic nitrogens is 2. The zero-order valence-electron chi connectivity index (χ0n) is 13.6. The van der Waals surface area contributed by atoms with E-state index in [9.17, 15) is 14.7 Å². The molecule has 0 saturated heterocycles. The van der Waals surface area contributed by atoms with Crippen molar-refractivity contribution in [1.29, 1.82) is 0 Å². The molecule has 0 spiro atoms. The smallest absolute Gasteiger partial charge is 0.223 e. The minimum absolute atomic E-state index is 0.106. The van der Waals surface area contributed by atoms with E-state index in [2.05, 4.69) is 5.10 Å². The highest BCUT2D eigenvalue weighted by molar-refractivity contribution is 6.38. The van der Waals surface area contributed by atoms with E-state index in [1.165, 1.54) is 16.5 Å². The van der Waals surface area contributed by atoms with Gasteiger partial charge in [0.15, 0.2) is 0 Å². The predicted molar refractivity (Wildman–Crippen MR) is 88.3 cm³/mol. The van der Waals surface area contributed by atoms with Gasteiger partial charge in [0, 0.05) is 26.6 Å². The van der Waals surface area contributed by atoms with Crippen molar-refractivity contribution in [2.45, 2.75) is 20.8 Å². The molecule has 0 aliphatic heterocycles. The number of nitrogens with zero attached hydrogens (tertiary/aromatic N) is 3. The molecule has 122 valence electrons. The van der Waals surface area contributed by atoms with E-state index >= 15 is 0 Å². The monoisotopic (exact) mass is 335 g/mol. The lowest BCUT2D eigenvalue weighted by Gasteiger charge is -2.20. The van der Waals surface area contributed by atoms with Gasteiger partial charge in [0.25, 0.3) is 0 Å². The third-order valence-corrected chi connectivity index (χ3v) is 4.17. The second-order valence-electron chi connectivity index (χ2n) is 5.41. The maximum absolute atomic E-state index is 12.8. The number of aryl methyl sites for hydroxylation is 3. The van der Waals surface area contributed by atoms with E-state index in [1.807, 2.05) is 6.92 Å². The summed E-state index contributed by atoms with van der Waals surface area (Å²) in [6.45, 7) is 4.86. The Labute approximate surface area is 139 Å². The fourth-order valence-electron chi connectivity index (χ4n) is 2.45. The molecule has 0 saturated carbocycles. The number of hydrogen-bond acceptors (Lipinski definition) is 4. The van der Waals surface area contributed by atoms with Crippen molar-refractivity contribution in [1.82, 2.24) is 9.78 Å². The van der Waals surface area contributed by atoms with Crippen LogP contribution in [0.2, 0.25) is 5.02 Å². The Balaban J connectivity index is 2.63. The molecule has 0 fully saturated rings. The highest BCUT2D eigenvalue weighted by Gasteiger charge is 2.26. The van der Waals surface area contributed by atoms with Gasteiger partial charge in [0.1, 0.15) is 5.56 Å². The van der Waals surface area contributed by atoms with Crippen LogP contribution in [0.25, 0.3) is 0 Å². The maximum Gasteiger partial charge on any atom is 0.223 e. The van der Waals surface area contributed by atoms with Crippen LogP contribution < -0.4 is 4.90 Å². The molecule has 0 atom stereocenters. The van der Waals surface area contributed by atoms with Gasteiger partial charge in [0.05, 0.1) is 16.4 Å². The quantitative estimate of drug-likeness (QED) is 0.875. The van der Waals surface area contributed by atoms with Crippen LogP contribution in [0.4, 0.5) is 5.69 Å². The van der Waals surface area contributed by atoms with Crippen molar-refractivity contribution in [2.75, 3.05) is 11.9 Å². The Bertz CT molecular complexity index is 811. The van der Waals surface area contributed by atoms with E-state index in [0.717, 1.165) is 5.56 Å². The number of carbonyl (C=O) groups excluding carboxylic acids is 2. The maximum atomic E-state index is 12.8. The van der Waals surface area contributed by atoms with Gasteiger partial charge in [-0.05, 0) is 25.5 Å². The van der Waals surface area contributed by atoms with Crippen LogP contribution in [0.1, 0.15) is 34.1 Å². The minimum Gasteiger partial charge on any atom is -0.493 e. The third kappa shape index (κ3) is 2.82. The summed E-state index contributed by atoms with van der Waals surface area (Å²) in [5.41, 5.74) is 1.98. The first-order chi connectivity index (χ1) is 10.7. The van der Waals surface area contributed by atoms with E-state index in [4.69, 9.17) is 11.6 Å². The summed E-state index contributed by atoms with van der Waals surface area (Å²) >= 11 is 6.39. The second-order valence-corrected chi connectivity index (χ2v) is 5.79. The fraction of sp³-hybridized carbons (Fsp3) is 0.312. The summed E-state index contributed by atoms with van der Waals surface area (Å²) in [6.07, 6.45) is 0. The molecule has 1 heterocycles. The number of ketones is 1. The summed E-state index contributed by atoms with van der Waals surface area (Å²) in [5.74, 6) is -0.845. The Hall–Kier alpha value is -2.34. The number of benzene rings is 1. The van der Waals surface area contributed by atoms with Crippen LogP contribution in [-0.4, -0.2) is 33.6 Å². The van der Waals surface area contributed by atoms with Crippen LogP contribution in [0.5, 0.6) is 5.88 Å². The van der Waals surface area contributed by atoms with Gasteiger partial charge in [0.2, 0.25) is 17.6 Å². The molecule has 6 nitrogen and oxygen atoms in total. The fourth-order valence-corrected chi connectivity index (χ4v) is 2.88. The first kappa shape index (κ1) is 17.0. The molecule has 0 radical (unpaired) electrons. The van der Waals surface area contributed by atoms with Crippen LogP contribution in [-0.2, 0) is 11.8 Å². The summed E-state index contributed by atoms with van der Waals surface area (Å²) in [4.78, 5) is 25.8. The van der Waals surface area contributed by atoms with Gasteiger partial charge < -0.3 is 10.0 Å². The molecular weight excluding hydrogens is 318 g/mol. The van der Waals surface area contributed by atoms with E-state index in [1.54, 1.807) is 33.2 Å². The topological polar surface area (TPSA) is 75.4 Å². The molecule has 1 aromatic carbocycles. The van der Waals surface area contributed by atoms with Crippen LogP contribution in [0, 0.1) is 13.8 Å². The summed E-state index contributed by atoms with van der Waals surface area (Å²) < 4.78 is 1.23. The number of halogens is 1. The molecule has 2 rings (SSSR count). The van der Waals surface area contributed by atoms with Gasteiger partial charge in [-0.1, -0.05) is 17.7 Å². The van der Waals surface area contributed by atoms with Crippen LogP contribution in [0.3, 0.4) is 0 Å². The second kappa shape index (κ2) is 6.04. The number of anilines is 1. The molecular formula is C16H18ClN3O3. The van der Waals surface area contributed by atoms with Crippen molar-refractivity contribution in [3.8, 4) is 5.88 Å². The van der Waals surface area contributed by atoms with E-state index in [-0.39, 0.29) is 27.9 Å². The standard InChI is InChI=1S/C16H18ClN3O3/c1-8-6-7-11(13(17)14(8)19(4)10(3)21)15(22)12-9(2)18-20(5)16(12)23/h6-7,23H,1-5H3. The molecule has 23 heavy (non-hydrogen) atoms. The minimum atomic E-state index is -0.434. The highest BCUT2D eigenvalue weighted by atomic mass is 35.5. The van der Waals surface area contributed by atoms with Gasteiger partial charge >= 0.3 is 0 Å². The summed E-state index contributed by atoms with van der Waals surface area (Å²) in [7, 11) is 3.14. The van der Waals surface area contributed by atoms with Crippen molar-refractivity contribution in [3.63, 3.8) is 0 Å².